The molecule has 0 radical (unpaired) electrons. The Morgan fingerprint density at radius 3 is 2.56 bits per heavy atom. The summed E-state index contributed by atoms with van der Waals surface area (Å²) in [6, 6.07) is 8.76. The van der Waals surface area contributed by atoms with Crippen LogP contribution in [0.3, 0.4) is 0 Å². The third kappa shape index (κ3) is 5.41. The van der Waals surface area contributed by atoms with Crippen LogP contribution in [0.15, 0.2) is 24.3 Å². The first kappa shape index (κ1) is 14.8. The van der Waals surface area contributed by atoms with Crippen molar-refractivity contribution in [1.29, 1.82) is 0 Å². The molecule has 0 aliphatic heterocycles. The van der Waals surface area contributed by atoms with Gasteiger partial charge in [-0.25, -0.2) is 0 Å². The minimum absolute atomic E-state index is 0.544. The molecule has 0 saturated heterocycles. The lowest BCUT2D eigenvalue weighted by Crippen LogP contribution is -2.19. The van der Waals surface area contributed by atoms with Gasteiger partial charge < -0.3 is 15.0 Å². The molecule has 0 aromatic heterocycles. The van der Waals surface area contributed by atoms with E-state index in [1.807, 2.05) is 12.1 Å². The first-order chi connectivity index (χ1) is 8.65. The van der Waals surface area contributed by atoms with E-state index in [9.17, 15) is 0 Å². The van der Waals surface area contributed by atoms with E-state index in [1.54, 1.807) is 0 Å². The smallest absolute Gasteiger partial charge is 0.121 e. The maximum atomic E-state index is 5.72. The van der Waals surface area contributed by atoms with Crippen LogP contribution >= 0.6 is 0 Å². The summed E-state index contributed by atoms with van der Waals surface area (Å²) in [5.41, 5.74) is 1.14. The summed E-state index contributed by atoms with van der Waals surface area (Å²) >= 11 is 0. The average Bonchev–Trinajstić information content (AvgIpc) is 2.36. The Morgan fingerprint density at radius 2 is 1.94 bits per heavy atom. The van der Waals surface area contributed by atoms with Crippen LogP contribution in [0.1, 0.15) is 26.7 Å². The van der Waals surface area contributed by atoms with Gasteiger partial charge in [-0.1, -0.05) is 19.9 Å². The van der Waals surface area contributed by atoms with Gasteiger partial charge in [0.15, 0.2) is 0 Å². The lowest BCUT2D eigenvalue weighted by atomic mass is 10.1. The fraction of sp³-hybridized carbons (Fsp3) is 0.600. The predicted molar refractivity (Wildman–Crippen MR) is 78.5 cm³/mol. The van der Waals surface area contributed by atoms with E-state index in [0.717, 1.165) is 37.4 Å². The third-order valence-electron chi connectivity index (χ3n) is 3.00. The van der Waals surface area contributed by atoms with E-state index in [0.29, 0.717) is 6.04 Å². The number of hydrogen-bond acceptors (Lipinski definition) is 3. The van der Waals surface area contributed by atoms with Crippen molar-refractivity contribution in [3.05, 3.63) is 24.3 Å². The molecular formula is C15H26N2O. The van der Waals surface area contributed by atoms with E-state index in [4.69, 9.17) is 4.74 Å². The first-order valence-corrected chi connectivity index (χ1v) is 6.79. The zero-order valence-corrected chi connectivity index (χ0v) is 12.1. The molecule has 0 unspecified atom stereocenters. The summed E-state index contributed by atoms with van der Waals surface area (Å²) in [7, 11) is 4.10. The monoisotopic (exact) mass is 250 g/mol. The highest BCUT2D eigenvalue weighted by Crippen LogP contribution is 2.19. The Bertz CT molecular complexity index is 335. The van der Waals surface area contributed by atoms with Gasteiger partial charge in [-0.15, -0.1) is 0 Å². The number of nitrogens with one attached hydrogen (secondary N) is 1. The standard InChI is InChI=1S/C15H26N2O/c1-5-13(6-2)16-14-8-7-9-15(12-14)18-11-10-17(3)4/h7-9,12-13,16H,5-6,10-11H2,1-4H3. The number of likely N-dealkylation sites (N-methyl/N-ethyl adjacent to an activating group) is 1. The first-order valence-electron chi connectivity index (χ1n) is 6.79. The SMILES string of the molecule is CCC(CC)Nc1cccc(OCCN(C)C)c1. The predicted octanol–water partition coefficient (Wildman–Crippen LogP) is 3.23. The molecule has 0 amide bonds. The van der Waals surface area contributed by atoms with Crippen molar-refractivity contribution >= 4 is 5.69 Å². The van der Waals surface area contributed by atoms with Gasteiger partial charge in [-0.05, 0) is 39.1 Å². The summed E-state index contributed by atoms with van der Waals surface area (Å²) < 4.78 is 5.72. The number of anilines is 1. The van der Waals surface area contributed by atoms with E-state index >= 15 is 0 Å². The van der Waals surface area contributed by atoms with Crippen molar-refractivity contribution < 1.29 is 4.74 Å². The van der Waals surface area contributed by atoms with Crippen molar-refractivity contribution in [1.82, 2.24) is 4.90 Å². The highest BCUT2D eigenvalue weighted by Gasteiger charge is 2.03. The Morgan fingerprint density at radius 1 is 1.22 bits per heavy atom. The molecule has 0 saturated carbocycles. The second-order valence-electron chi connectivity index (χ2n) is 4.84. The van der Waals surface area contributed by atoms with Crippen LogP contribution in [0.25, 0.3) is 0 Å². The molecule has 0 heterocycles. The molecule has 1 rings (SSSR count). The molecule has 0 aliphatic carbocycles. The minimum atomic E-state index is 0.544. The zero-order valence-electron chi connectivity index (χ0n) is 12.1. The van der Waals surface area contributed by atoms with Crippen LogP contribution in [-0.2, 0) is 0 Å². The lowest BCUT2D eigenvalue weighted by Gasteiger charge is -2.17. The van der Waals surface area contributed by atoms with Crippen LogP contribution in [0.5, 0.6) is 5.75 Å². The van der Waals surface area contributed by atoms with Crippen molar-refractivity contribution in [3.63, 3.8) is 0 Å². The Balaban J connectivity index is 2.51. The molecule has 0 fully saturated rings. The molecule has 0 spiro atoms. The van der Waals surface area contributed by atoms with E-state index in [1.165, 1.54) is 0 Å². The quantitative estimate of drug-likeness (QED) is 0.766. The molecule has 3 nitrogen and oxygen atoms in total. The van der Waals surface area contributed by atoms with E-state index < -0.39 is 0 Å². The van der Waals surface area contributed by atoms with Gasteiger partial charge in [0, 0.05) is 24.3 Å². The van der Waals surface area contributed by atoms with Crippen molar-refractivity contribution in [2.75, 3.05) is 32.6 Å². The second-order valence-corrected chi connectivity index (χ2v) is 4.84. The normalized spacial score (nSPS) is 11.0. The summed E-state index contributed by atoms with van der Waals surface area (Å²) in [5.74, 6) is 0.938. The lowest BCUT2D eigenvalue weighted by molar-refractivity contribution is 0.261. The van der Waals surface area contributed by atoms with E-state index in [-0.39, 0.29) is 0 Å². The maximum absolute atomic E-state index is 5.72. The maximum Gasteiger partial charge on any atom is 0.121 e. The molecule has 1 N–H and O–H groups in total. The van der Waals surface area contributed by atoms with Gasteiger partial charge in [0.2, 0.25) is 0 Å². The van der Waals surface area contributed by atoms with Crippen LogP contribution < -0.4 is 10.1 Å². The summed E-state index contributed by atoms with van der Waals surface area (Å²) in [5, 5.41) is 3.53. The van der Waals surface area contributed by atoms with Gasteiger partial charge in [-0.3, -0.25) is 0 Å². The number of nitrogens with zero attached hydrogens (tertiary/aromatic N) is 1. The summed E-state index contributed by atoms with van der Waals surface area (Å²) in [6.07, 6.45) is 2.28. The highest BCUT2D eigenvalue weighted by molar-refractivity contribution is 5.48. The largest absolute Gasteiger partial charge is 0.492 e. The Kier molecular flexibility index (Phi) is 6.58. The van der Waals surface area contributed by atoms with Crippen molar-refractivity contribution in [3.8, 4) is 5.75 Å². The van der Waals surface area contributed by atoms with Gasteiger partial charge in [0.05, 0.1) is 0 Å². The van der Waals surface area contributed by atoms with Crippen LogP contribution in [0.2, 0.25) is 0 Å². The highest BCUT2D eigenvalue weighted by atomic mass is 16.5. The molecule has 0 bridgehead atoms. The Hall–Kier alpha value is -1.22. The van der Waals surface area contributed by atoms with Crippen molar-refractivity contribution in [2.45, 2.75) is 32.7 Å². The molecule has 1 aromatic rings. The number of ether oxygens (including phenoxy) is 1. The fourth-order valence-corrected chi connectivity index (χ4v) is 1.75. The van der Waals surface area contributed by atoms with Gasteiger partial charge in [0.25, 0.3) is 0 Å². The zero-order chi connectivity index (χ0) is 13.4. The van der Waals surface area contributed by atoms with Crippen LogP contribution in [0, 0.1) is 0 Å². The second kappa shape index (κ2) is 7.98. The minimum Gasteiger partial charge on any atom is -0.492 e. The number of hydrogen-bond donors (Lipinski definition) is 1. The topological polar surface area (TPSA) is 24.5 Å². The number of benzene rings is 1. The molecule has 3 heteroatoms. The van der Waals surface area contributed by atoms with Gasteiger partial charge >= 0.3 is 0 Å². The number of rotatable bonds is 8. The molecule has 102 valence electrons. The molecular weight excluding hydrogens is 224 g/mol. The average molecular weight is 250 g/mol. The van der Waals surface area contributed by atoms with E-state index in [2.05, 4.69) is 50.3 Å². The summed E-state index contributed by atoms with van der Waals surface area (Å²) in [4.78, 5) is 2.12. The third-order valence-corrected chi connectivity index (χ3v) is 3.00. The fourth-order valence-electron chi connectivity index (χ4n) is 1.75. The molecule has 1 aromatic carbocycles. The summed E-state index contributed by atoms with van der Waals surface area (Å²) in [6.45, 7) is 6.07. The van der Waals surface area contributed by atoms with Gasteiger partial charge in [0.1, 0.15) is 12.4 Å². The molecule has 0 atom stereocenters. The molecule has 0 aliphatic rings. The molecule has 18 heavy (non-hydrogen) atoms. The van der Waals surface area contributed by atoms with Crippen LogP contribution in [0.4, 0.5) is 5.69 Å². The van der Waals surface area contributed by atoms with Crippen LogP contribution in [-0.4, -0.2) is 38.2 Å². The van der Waals surface area contributed by atoms with Crippen molar-refractivity contribution in [2.24, 2.45) is 0 Å². The Labute approximate surface area is 111 Å². The van der Waals surface area contributed by atoms with Gasteiger partial charge in [-0.2, -0.15) is 0 Å².